The Hall–Kier alpha value is -1.96. The average Bonchev–Trinajstić information content (AvgIpc) is 2.79. The molecule has 0 amide bonds. The first-order valence-electron chi connectivity index (χ1n) is 6.85. The fourth-order valence-corrected chi connectivity index (χ4v) is 2.49. The SMILES string of the molecule is CC.O=C1c2ccccc2CC1Cc1ccncc1. The van der Waals surface area contributed by atoms with E-state index in [9.17, 15) is 4.79 Å². The molecule has 0 saturated carbocycles. The standard InChI is InChI=1S/C15H13NO.C2H6/c17-15-13(9-11-5-7-16-8-6-11)10-12-3-1-2-4-14(12)15;1-2/h1-8,13H,9-10H2;1-2H3. The molecule has 2 heteroatoms. The highest BCUT2D eigenvalue weighted by atomic mass is 16.1. The van der Waals surface area contributed by atoms with Gasteiger partial charge in [-0.3, -0.25) is 9.78 Å². The molecular weight excluding hydrogens is 234 g/mol. The normalized spacial score (nSPS) is 16.5. The first-order valence-corrected chi connectivity index (χ1v) is 6.85. The van der Waals surface area contributed by atoms with Crippen molar-refractivity contribution >= 4 is 5.78 Å². The maximum atomic E-state index is 12.2. The van der Waals surface area contributed by atoms with E-state index in [1.807, 2.05) is 44.2 Å². The van der Waals surface area contributed by atoms with Crippen molar-refractivity contribution in [2.24, 2.45) is 5.92 Å². The van der Waals surface area contributed by atoms with Crippen LogP contribution in [0.2, 0.25) is 0 Å². The predicted octanol–water partition coefficient (Wildman–Crippen LogP) is 3.71. The number of nitrogens with zero attached hydrogens (tertiary/aromatic N) is 1. The van der Waals surface area contributed by atoms with E-state index in [1.165, 1.54) is 11.1 Å². The monoisotopic (exact) mass is 253 g/mol. The predicted molar refractivity (Wildman–Crippen MR) is 77.3 cm³/mol. The zero-order valence-corrected chi connectivity index (χ0v) is 11.5. The molecule has 0 saturated heterocycles. The van der Waals surface area contributed by atoms with Gasteiger partial charge in [0.15, 0.2) is 5.78 Å². The third kappa shape index (κ3) is 2.90. The number of hydrogen-bond acceptors (Lipinski definition) is 2. The Morgan fingerprint density at radius 1 is 1.11 bits per heavy atom. The average molecular weight is 253 g/mol. The topological polar surface area (TPSA) is 30.0 Å². The number of fused-ring (bicyclic) bond motifs is 1. The molecule has 3 rings (SSSR count). The highest BCUT2D eigenvalue weighted by molar-refractivity contribution is 6.02. The molecule has 1 atom stereocenters. The molecule has 19 heavy (non-hydrogen) atoms. The summed E-state index contributed by atoms with van der Waals surface area (Å²) in [7, 11) is 0. The van der Waals surface area contributed by atoms with Crippen molar-refractivity contribution in [2.75, 3.05) is 0 Å². The third-order valence-electron chi connectivity index (χ3n) is 3.35. The summed E-state index contributed by atoms with van der Waals surface area (Å²) in [6.45, 7) is 4.00. The summed E-state index contributed by atoms with van der Waals surface area (Å²) < 4.78 is 0. The smallest absolute Gasteiger partial charge is 0.166 e. The maximum Gasteiger partial charge on any atom is 0.166 e. The fourth-order valence-electron chi connectivity index (χ4n) is 2.49. The molecule has 98 valence electrons. The molecule has 0 aliphatic heterocycles. The minimum Gasteiger partial charge on any atom is -0.294 e. The lowest BCUT2D eigenvalue weighted by Gasteiger charge is -2.07. The Bertz CT molecular complexity index is 548. The summed E-state index contributed by atoms with van der Waals surface area (Å²) in [6.07, 6.45) is 5.25. The molecule has 0 spiro atoms. The molecule has 1 aliphatic rings. The molecule has 1 aliphatic carbocycles. The second-order valence-corrected chi connectivity index (χ2v) is 4.48. The zero-order chi connectivity index (χ0) is 13.7. The van der Waals surface area contributed by atoms with E-state index in [1.54, 1.807) is 12.4 Å². The Labute approximate surface area is 114 Å². The summed E-state index contributed by atoms with van der Waals surface area (Å²) in [5, 5.41) is 0. The number of hydrogen-bond donors (Lipinski definition) is 0. The number of ketones is 1. The number of pyridine rings is 1. The molecule has 1 unspecified atom stereocenters. The number of Topliss-reactive ketones (excluding diaryl/α,β-unsaturated/α-hetero) is 1. The van der Waals surface area contributed by atoms with Gasteiger partial charge in [0.25, 0.3) is 0 Å². The molecule has 1 aromatic heterocycles. The van der Waals surface area contributed by atoms with E-state index < -0.39 is 0 Å². The van der Waals surface area contributed by atoms with Crippen molar-refractivity contribution in [3.05, 3.63) is 65.5 Å². The molecule has 2 nitrogen and oxygen atoms in total. The number of aromatic nitrogens is 1. The Morgan fingerprint density at radius 2 is 1.79 bits per heavy atom. The first-order chi connectivity index (χ1) is 9.34. The Kier molecular flexibility index (Phi) is 4.45. The Morgan fingerprint density at radius 3 is 2.47 bits per heavy atom. The summed E-state index contributed by atoms with van der Waals surface area (Å²) in [4.78, 5) is 16.2. The van der Waals surface area contributed by atoms with Crippen molar-refractivity contribution in [3.63, 3.8) is 0 Å². The summed E-state index contributed by atoms with van der Waals surface area (Å²) in [5.41, 5.74) is 3.29. The molecule has 0 bridgehead atoms. The molecule has 0 fully saturated rings. The third-order valence-corrected chi connectivity index (χ3v) is 3.35. The molecular formula is C17H19NO. The summed E-state index contributed by atoms with van der Waals surface area (Å²) >= 11 is 0. The van der Waals surface area contributed by atoms with Crippen molar-refractivity contribution in [1.82, 2.24) is 4.98 Å². The molecule has 0 N–H and O–H groups in total. The molecule has 1 aromatic carbocycles. The van der Waals surface area contributed by atoms with Gasteiger partial charge in [0, 0.05) is 23.9 Å². The molecule has 0 radical (unpaired) electrons. The van der Waals surface area contributed by atoms with Crippen LogP contribution in [0.5, 0.6) is 0 Å². The highest BCUT2D eigenvalue weighted by Crippen LogP contribution is 2.28. The van der Waals surface area contributed by atoms with E-state index >= 15 is 0 Å². The maximum absolute atomic E-state index is 12.2. The van der Waals surface area contributed by atoms with E-state index in [0.29, 0.717) is 0 Å². The minimum absolute atomic E-state index is 0.106. The highest BCUT2D eigenvalue weighted by Gasteiger charge is 2.29. The van der Waals surface area contributed by atoms with Crippen molar-refractivity contribution in [2.45, 2.75) is 26.7 Å². The van der Waals surface area contributed by atoms with Gasteiger partial charge in [-0.2, -0.15) is 0 Å². The van der Waals surface area contributed by atoms with Gasteiger partial charge >= 0.3 is 0 Å². The van der Waals surface area contributed by atoms with Crippen LogP contribution in [0.3, 0.4) is 0 Å². The van der Waals surface area contributed by atoms with E-state index in [-0.39, 0.29) is 11.7 Å². The summed E-state index contributed by atoms with van der Waals surface area (Å²) in [5.74, 6) is 0.396. The lowest BCUT2D eigenvalue weighted by Crippen LogP contribution is -2.12. The van der Waals surface area contributed by atoms with Crippen LogP contribution in [-0.4, -0.2) is 10.8 Å². The van der Waals surface area contributed by atoms with Gasteiger partial charge in [-0.15, -0.1) is 0 Å². The van der Waals surface area contributed by atoms with Crippen LogP contribution in [0, 0.1) is 5.92 Å². The van der Waals surface area contributed by atoms with E-state index in [0.717, 1.165) is 18.4 Å². The van der Waals surface area contributed by atoms with Crippen molar-refractivity contribution < 1.29 is 4.79 Å². The minimum atomic E-state index is 0.106. The fraction of sp³-hybridized carbons (Fsp3) is 0.294. The number of carbonyl (C=O) groups excluding carboxylic acids is 1. The van der Waals surface area contributed by atoms with Crippen LogP contribution >= 0.6 is 0 Å². The van der Waals surface area contributed by atoms with Crippen molar-refractivity contribution in [3.8, 4) is 0 Å². The number of rotatable bonds is 2. The quantitative estimate of drug-likeness (QED) is 0.816. The second-order valence-electron chi connectivity index (χ2n) is 4.48. The summed E-state index contributed by atoms with van der Waals surface area (Å²) in [6, 6.07) is 11.9. The van der Waals surface area contributed by atoms with Gasteiger partial charge < -0.3 is 0 Å². The van der Waals surface area contributed by atoms with Gasteiger partial charge in [0.1, 0.15) is 0 Å². The van der Waals surface area contributed by atoms with Gasteiger partial charge in [-0.05, 0) is 36.1 Å². The first kappa shape index (κ1) is 13.5. The van der Waals surface area contributed by atoms with Crippen LogP contribution in [0.4, 0.5) is 0 Å². The van der Waals surface area contributed by atoms with Crippen LogP contribution in [0.25, 0.3) is 0 Å². The van der Waals surface area contributed by atoms with Crippen LogP contribution < -0.4 is 0 Å². The lowest BCUT2D eigenvalue weighted by molar-refractivity contribution is 0.0936. The van der Waals surface area contributed by atoms with Crippen molar-refractivity contribution in [1.29, 1.82) is 0 Å². The van der Waals surface area contributed by atoms with Crippen LogP contribution in [0.1, 0.15) is 35.3 Å². The van der Waals surface area contributed by atoms with E-state index in [2.05, 4.69) is 11.1 Å². The van der Waals surface area contributed by atoms with Crippen LogP contribution in [-0.2, 0) is 12.8 Å². The molecule has 2 aromatic rings. The van der Waals surface area contributed by atoms with Gasteiger partial charge in [0.05, 0.1) is 0 Å². The molecule has 1 heterocycles. The van der Waals surface area contributed by atoms with Gasteiger partial charge in [0.2, 0.25) is 0 Å². The van der Waals surface area contributed by atoms with E-state index in [4.69, 9.17) is 0 Å². The largest absolute Gasteiger partial charge is 0.294 e. The van der Waals surface area contributed by atoms with Gasteiger partial charge in [-0.1, -0.05) is 38.1 Å². The second kappa shape index (κ2) is 6.28. The lowest BCUT2D eigenvalue weighted by atomic mass is 9.96. The number of benzene rings is 1. The van der Waals surface area contributed by atoms with Crippen LogP contribution in [0.15, 0.2) is 48.8 Å². The Balaban J connectivity index is 0.000000637. The van der Waals surface area contributed by atoms with Gasteiger partial charge in [-0.25, -0.2) is 0 Å². The zero-order valence-electron chi connectivity index (χ0n) is 11.5. The number of carbonyl (C=O) groups is 1.